The number of esters is 1. The summed E-state index contributed by atoms with van der Waals surface area (Å²) < 4.78 is 4.88. The molecule has 2 nitrogen and oxygen atoms in total. The quantitative estimate of drug-likeness (QED) is 0.365. The summed E-state index contributed by atoms with van der Waals surface area (Å²) in [5, 5.41) is 0. The number of carbonyl (C=O) groups excluding carboxylic acids is 1. The molecular formula is C13H24O2. The van der Waals surface area contributed by atoms with Crippen molar-refractivity contribution in [1.29, 1.82) is 0 Å². The standard InChI is InChI=1S/C13H24O2/c1-5-11-15-12(14)9-7-6-8-10-13(2,3)4/h5H,1,6-11H2,2-4H3. The van der Waals surface area contributed by atoms with Gasteiger partial charge in [-0.3, -0.25) is 4.79 Å². The number of ether oxygens (including phenoxy) is 1. The fourth-order valence-corrected chi connectivity index (χ4v) is 1.33. The lowest BCUT2D eigenvalue weighted by Gasteiger charge is -2.17. The molecule has 0 saturated heterocycles. The van der Waals surface area contributed by atoms with Crippen LogP contribution in [0, 0.1) is 5.41 Å². The van der Waals surface area contributed by atoms with Gasteiger partial charge in [0.05, 0.1) is 0 Å². The minimum Gasteiger partial charge on any atom is -0.461 e. The van der Waals surface area contributed by atoms with Crippen molar-refractivity contribution in [2.75, 3.05) is 6.61 Å². The molecule has 0 heterocycles. The van der Waals surface area contributed by atoms with Crippen molar-refractivity contribution in [1.82, 2.24) is 0 Å². The zero-order valence-corrected chi connectivity index (χ0v) is 10.3. The van der Waals surface area contributed by atoms with Gasteiger partial charge in [0, 0.05) is 6.42 Å². The summed E-state index contributed by atoms with van der Waals surface area (Å²) in [7, 11) is 0. The van der Waals surface area contributed by atoms with Crippen LogP contribution in [0.1, 0.15) is 52.9 Å². The molecule has 0 aliphatic rings. The highest BCUT2D eigenvalue weighted by Crippen LogP contribution is 2.22. The van der Waals surface area contributed by atoms with Gasteiger partial charge < -0.3 is 4.74 Å². The van der Waals surface area contributed by atoms with Crippen LogP contribution in [0.5, 0.6) is 0 Å². The molecule has 0 aromatic heterocycles. The molecule has 0 aliphatic heterocycles. The zero-order chi connectivity index (χ0) is 11.7. The molecule has 88 valence electrons. The van der Waals surface area contributed by atoms with Gasteiger partial charge in [-0.25, -0.2) is 0 Å². The van der Waals surface area contributed by atoms with Gasteiger partial charge >= 0.3 is 5.97 Å². The van der Waals surface area contributed by atoms with Crippen LogP contribution in [-0.2, 0) is 9.53 Å². The Kier molecular flexibility index (Phi) is 7.10. The van der Waals surface area contributed by atoms with E-state index >= 15 is 0 Å². The van der Waals surface area contributed by atoms with Crippen molar-refractivity contribution in [2.24, 2.45) is 5.41 Å². The monoisotopic (exact) mass is 212 g/mol. The number of hydrogen-bond acceptors (Lipinski definition) is 2. The molecule has 0 aromatic carbocycles. The Hall–Kier alpha value is -0.790. The van der Waals surface area contributed by atoms with Gasteiger partial charge in [0.2, 0.25) is 0 Å². The van der Waals surface area contributed by atoms with Crippen molar-refractivity contribution >= 4 is 5.97 Å². The second-order valence-corrected chi connectivity index (χ2v) is 5.09. The van der Waals surface area contributed by atoms with Gasteiger partial charge in [-0.15, -0.1) is 0 Å². The van der Waals surface area contributed by atoms with Crippen LogP contribution in [0.25, 0.3) is 0 Å². The van der Waals surface area contributed by atoms with Gasteiger partial charge in [-0.1, -0.05) is 46.3 Å². The van der Waals surface area contributed by atoms with Crippen LogP contribution in [0.3, 0.4) is 0 Å². The number of rotatable bonds is 7. The van der Waals surface area contributed by atoms with Crippen molar-refractivity contribution in [3.8, 4) is 0 Å². The fraction of sp³-hybridized carbons (Fsp3) is 0.769. The zero-order valence-electron chi connectivity index (χ0n) is 10.3. The number of carbonyl (C=O) groups is 1. The van der Waals surface area contributed by atoms with Gasteiger partial charge in [-0.2, -0.15) is 0 Å². The maximum atomic E-state index is 11.1. The smallest absolute Gasteiger partial charge is 0.306 e. The van der Waals surface area contributed by atoms with Gasteiger partial charge in [0.25, 0.3) is 0 Å². The van der Waals surface area contributed by atoms with Crippen molar-refractivity contribution < 1.29 is 9.53 Å². The largest absolute Gasteiger partial charge is 0.461 e. The van der Waals surface area contributed by atoms with E-state index in [9.17, 15) is 4.79 Å². The van der Waals surface area contributed by atoms with E-state index in [1.807, 2.05) is 0 Å². The highest BCUT2D eigenvalue weighted by Gasteiger charge is 2.09. The molecule has 0 amide bonds. The van der Waals surface area contributed by atoms with Crippen LogP contribution >= 0.6 is 0 Å². The van der Waals surface area contributed by atoms with E-state index in [2.05, 4.69) is 27.4 Å². The minimum absolute atomic E-state index is 0.106. The molecule has 0 fully saturated rings. The maximum absolute atomic E-state index is 11.1. The second kappa shape index (κ2) is 7.49. The summed E-state index contributed by atoms with van der Waals surface area (Å²) in [6, 6.07) is 0. The van der Waals surface area contributed by atoms with E-state index in [-0.39, 0.29) is 5.97 Å². The average Bonchev–Trinajstić information content (AvgIpc) is 2.12. The predicted octanol–water partition coefficient (Wildman–Crippen LogP) is 3.71. The predicted molar refractivity (Wildman–Crippen MR) is 63.7 cm³/mol. The third kappa shape index (κ3) is 11.1. The molecule has 0 aromatic rings. The second-order valence-electron chi connectivity index (χ2n) is 5.09. The van der Waals surface area contributed by atoms with Crippen LogP contribution in [-0.4, -0.2) is 12.6 Å². The first-order valence-electron chi connectivity index (χ1n) is 5.72. The molecular weight excluding hydrogens is 188 g/mol. The molecule has 0 bridgehead atoms. The summed E-state index contributed by atoms with van der Waals surface area (Å²) >= 11 is 0. The lowest BCUT2D eigenvalue weighted by Crippen LogP contribution is -2.05. The third-order valence-corrected chi connectivity index (χ3v) is 2.17. The minimum atomic E-state index is -0.106. The third-order valence-electron chi connectivity index (χ3n) is 2.17. The van der Waals surface area contributed by atoms with Gasteiger partial charge in [0.15, 0.2) is 0 Å². The van der Waals surface area contributed by atoms with Crippen LogP contribution in [0.4, 0.5) is 0 Å². The van der Waals surface area contributed by atoms with E-state index in [4.69, 9.17) is 4.74 Å². The summed E-state index contributed by atoms with van der Waals surface area (Å²) in [4.78, 5) is 11.1. The lowest BCUT2D eigenvalue weighted by molar-refractivity contribution is -0.142. The normalized spacial score (nSPS) is 11.1. The molecule has 0 atom stereocenters. The van der Waals surface area contributed by atoms with Crippen LogP contribution < -0.4 is 0 Å². The number of hydrogen-bond donors (Lipinski definition) is 0. The molecule has 0 unspecified atom stereocenters. The number of unbranched alkanes of at least 4 members (excludes halogenated alkanes) is 2. The Balaban J connectivity index is 3.31. The topological polar surface area (TPSA) is 26.3 Å². The molecule has 0 spiro atoms. The average molecular weight is 212 g/mol. The molecule has 0 N–H and O–H groups in total. The summed E-state index contributed by atoms with van der Waals surface area (Å²) in [6.45, 7) is 10.6. The Bertz CT molecular complexity index is 189. The molecule has 0 radical (unpaired) electrons. The first kappa shape index (κ1) is 14.2. The van der Waals surface area contributed by atoms with Crippen molar-refractivity contribution in [2.45, 2.75) is 52.9 Å². The Morgan fingerprint density at radius 3 is 2.47 bits per heavy atom. The molecule has 2 heteroatoms. The highest BCUT2D eigenvalue weighted by atomic mass is 16.5. The molecule has 15 heavy (non-hydrogen) atoms. The molecule has 0 saturated carbocycles. The van der Waals surface area contributed by atoms with Crippen LogP contribution in [0.15, 0.2) is 12.7 Å². The van der Waals surface area contributed by atoms with Crippen molar-refractivity contribution in [3.05, 3.63) is 12.7 Å². The summed E-state index contributed by atoms with van der Waals surface area (Å²) in [5.74, 6) is -0.106. The van der Waals surface area contributed by atoms with E-state index in [1.54, 1.807) is 6.08 Å². The van der Waals surface area contributed by atoms with E-state index < -0.39 is 0 Å². The fourth-order valence-electron chi connectivity index (χ4n) is 1.33. The summed E-state index contributed by atoms with van der Waals surface area (Å²) in [5.41, 5.74) is 0.406. The first-order valence-corrected chi connectivity index (χ1v) is 5.72. The van der Waals surface area contributed by atoms with E-state index in [0.29, 0.717) is 18.4 Å². The Morgan fingerprint density at radius 1 is 1.27 bits per heavy atom. The Morgan fingerprint density at radius 2 is 1.93 bits per heavy atom. The van der Waals surface area contributed by atoms with E-state index in [0.717, 1.165) is 12.8 Å². The van der Waals surface area contributed by atoms with Gasteiger partial charge in [0.1, 0.15) is 6.61 Å². The van der Waals surface area contributed by atoms with E-state index in [1.165, 1.54) is 12.8 Å². The SMILES string of the molecule is C=CCOC(=O)CCCCCC(C)(C)C. The maximum Gasteiger partial charge on any atom is 0.306 e. The lowest BCUT2D eigenvalue weighted by atomic mass is 9.89. The highest BCUT2D eigenvalue weighted by molar-refractivity contribution is 5.69. The van der Waals surface area contributed by atoms with Crippen LogP contribution in [0.2, 0.25) is 0 Å². The molecule has 0 aliphatic carbocycles. The first-order chi connectivity index (χ1) is 6.95. The molecule has 0 rings (SSSR count). The van der Waals surface area contributed by atoms with Crippen molar-refractivity contribution in [3.63, 3.8) is 0 Å². The van der Waals surface area contributed by atoms with Gasteiger partial charge in [-0.05, 0) is 18.3 Å². The summed E-state index contributed by atoms with van der Waals surface area (Å²) in [6.07, 6.45) is 6.59. The Labute approximate surface area is 93.7 Å².